The Labute approximate surface area is 173 Å². The molecule has 1 aliphatic heterocycles. The van der Waals surface area contributed by atoms with Crippen molar-refractivity contribution in [3.63, 3.8) is 0 Å². The van der Waals surface area contributed by atoms with Crippen molar-refractivity contribution in [1.82, 2.24) is 10.2 Å². The molecule has 1 N–H and O–H groups in total. The van der Waals surface area contributed by atoms with Crippen molar-refractivity contribution in [2.45, 2.75) is 12.8 Å². The molecule has 1 saturated heterocycles. The van der Waals surface area contributed by atoms with Gasteiger partial charge in [0.1, 0.15) is 5.82 Å². The predicted octanol–water partition coefficient (Wildman–Crippen LogP) is 4.79. The Morgan fingerprint density at radius 1 is 1.03 bits per heavy atom. The summed E-state index contributed by atoms with van der Waals surface area (Å²) in [6.45, 7) is 1.47. The van der Waals surface area contributed by atoms with Gasteiger partial charge in [-0.25, -0.2) is 4.39 Å². The number of hydrogen-bond acceptors (Lipinski definition) is 4. The third-order valence-corrected chi connectivity index (χ3v) is 5.31. The Bertz CT molecular complexity index is 986. The SMILES string of the molecule is O=C(Nc1cccc(Cl)c1)C1CCN(c2ccc(-c3ccc(F)cc3)nn2)CC1. The van der Waals surface area contributed by atoms with E-state index in [1.54, 1.807) is 24.3 Å². The number of piperidine rings is 1. The van der Waals surface area contributed by atoms with E-state index in [0.717, 1.165) is 37.3 Å². The van der Waals surface area contributed by atoms with Crippen LogP contribution in [0.4, 0.5) is 15.9 Å². The van der Waals surface area contributed by atoms with E-state index in [2.05, 4.69) is 20.4 Å². The van der Waals surface area contributed by atoms with Gasteiger partial charge in [0.05, 0.1) is 5.69 Å². The number of nitrogens with one attached hydrogen (secondary N) is 1. The van der Waals surface area contributed by atoms with Crippen LogP contribution in [0.1, 0.15) is 12.8 Å². The van der Waals surface area contributed by atoms with E-state index in [0.29, 0.717) is 16.4 Å². The third-order valence-electron chi connectivity index (χ3n) is 5.07. The molecule has 0 atom stereocenters. The Morgan fingerprint density at radius 3 is 2.45 bits per heavy atom. The number of halogens is 2. The highest BCUT2D eigenvalue weighted by atomic mass is 35.5. The Hall–Kier alpha value is -2.99. The summed E-state index contributed by atoms with van der Waals surface area (Å²) in [6.07, 6.45) is 1.49. The van der Waals surface area contributed by atoms with Gasteiger partial charge in [-0.3, -0.25) is 4.79 Å². The van der Waals surface area contributed by atoms with Crippen LogP contribution >= 0.6 is 11.6 Å². The molecule has 1 fully saturated rings. The summed E-state index contributed by atoms with van der Waals surface area (Å²) in [5.41, 5.74) is 2.23. The summed E-state index contributed by atoms with van der Waals surface area (Å²) < 4.78 is 13.1. The van der Waals surface area contributed by atoms with Gasteiger partial charge < -0.3 is 10.2 Å². The van der Waals surface area contributed by atoms with E-state index in [4.69, 9.17) is 11.6 Å². The second-order valence-corrected chi connectivity index (χ2v) is 7.48. The van der Waals surface area contributed by atoms with Crippen LogP contribution in [0.2, 0.25) is 5.02 Å². The first-order valence-electron chi connectivity index (χ1n) is 9.49. The highest BCUT2D eigenvalue weighted by Gasteiger charge is 2.26. The summed E-state index contributed by atoms with van der Waals surface area (Å²) in [4.78, 5) is 14.6. The molecule has 29 heavy (non-hydrogen) atoms. The number of aromatic nitrogens is 2. The molecule has 148 valence electrons. The lowest BCUT2D eigenvalue weighted by atomic mass is 9.96. The van der Waals surface area contributed by atoms with E-state index in [1.165, 1.54) is 12.1 Å². The molecule has 2 aromatic carbocycles. The van der Waals surface area contributed by atoms with Crippen LogP contribution in [0.5, 0.6) is 0 Å². The first kappa shape index (κ1) is 19.3. The maximum Gasteiger partial charge on any atom is 0.227 e. The summed E-state index contributed by atoms with van der Waals surface area (Å²) >= 11 is 5.97. The van der Waals surface area contributed by atoms with Crippen LogP contribution < -0.4 is 10.2 Å². The van der Waals surface area contributed by atoms with Crippen LogP contribution in [0.25, 0.3) is 11.3 Å². The fourth-order valence-electron chi connectivity index (χ4n) is 3.45. The van der Waals surface area contributed by atoms with Crippen LogP contribution in [-0.2, 0) is 4.79 Å². The first-order valence-corrected chi connectivity index (χ1v) is 9.87. The highest BCUT2D eigenvalue weighted by Crippen LogP contribution is 2.25. The lowest BCUT2D eigenvalue weighted by molar-refractivity contribution is -0.120. The fraction of sp³-hybridized carbons (Fsp3) is 0.227. The van der Waals surface area contributed by atoms with Crippen LogP contribution in [0.3, 0.4) is 0 Å². The van der Waals surface area contributed by atoms with Gasteiger partial charge in [0.15, 0.2) is 5.82 Å². The van der Waals surface area contributed by atoms with Crippen molar-refractivity contribution in [2.24, 2.45) is 5.92 Å². The van der Waals surface area contributed by atoms with Gasteiger partial charge in [0.2, 0.25) is 5.91 Å². The molecule has 4 rings (SSSR count). The van der Waals surface area contributed by atoms with Crippen molar-refractivity contribution >= 4 is 29.0 Å². The Kier molecular flexibility index (Phi) is 5.71. The van der Waals surface area contributed by atoms with Gasteiger partial charge in [-0.1, -0.05) is 17.7 Å². The largest absolute Gasteiger partial charge is 0.355 e. The van der Waals surface area contributed by atoms with E-state index in [1.807, 2.05) is 24.3 Å². The zero-order valence-electron chi connectivity index (χ0n) is 15.7. The van der Waals surface area contributed by atoms with Gasteiger partial charge >= 0.3 is 0 Å². The molecule has 0 unspecified atom stereocenters. The van der Waals surface area contributed by atoms with Crippen LogP contribution in [-0.4, -0.2) is 29.2 Å². The lowest BCUT2D eigenvalue weighted by Gasteiger charge is -2.31. The van der Waals surface area contributed by atoms with E-state index in [9.17, 15) is 9.18 Å². The van der Waals surface area contributed by atoms with Crippen LogP contribution in [0.15, 0.2) is 60.7 Å². The number of anilines is 2. The van der Waals surface area contributed by atoms with Gasteiger partial charge in [0, 0.05) is 35.3 Å². The Morgan fingerprint density at radius 2 is 1.79 bits per heavy atom. The third kappa shape index (κ3) is 4.71. The van der Waals surface area contributed by atoms with Crippen molar-refractivity contribution in [3.8, 4) is 11.3 Å². The number of benzene rings is 2. The standard InChI is InChI=1S/C22H20ClFN4O/c23-17-2-1-3-19(14-17)25-22(29)16-10-12-28(13-11-16)21-9-8-20(26-27-21)15-4-6-18(24)7-5-15/h1-9,14,16H,10-13H2,(H,25,29). The second-order valence-electron chi connectivity index (χ2n) is 7.04. The zero-order chi connectivity index (χ0) is 20.2. The molecular weight excluding hydrogens is 391 g/mol. The molecule has 1 aromatic heterocycles. The normalized spacial score (nSPS) is 14.6. The van der Waals surface area contributed by atoms with Gasteiger partial charge in [0.25, 0.3) is 0 Å². The molecule has 1 amide bonds. The maximum atomic E-state index is 13.1. The summed E-state index contributed by atoms with van der Waals surface area (Å²) in [5.74, 6) is 0.478. The minimum Gasteiger partial charge on any atom is -0.355 e. The molecule has 0 radical (unpaired) electrons. The molecule has 0 saturated carbocycles. The van der Waals surface area contributed by atoms with E-state index in [-0.39, 0.29) is 17.6 Å². The maximum absolute atomic E-state index is 13.1. The molecule has 0 spiro atoms. The van der Waals surface area contributed by atoms with Crippen molar-refractivity contribution < 1.29 is 9.18 Å². The minimum atomic E-state index is -0.277. The van der Waals surface area contributed by atoms with Gasteiger partial charge in [-0.05, 0) is 67.4 Å². The summed E-state index contributed by atoms with van der Waals surface area (Å²) in [5, 5.41) is 12.1. The van der Waals surface area contributed by atoms with E-state index < -0.39 is 0 Å². The molecule has 5 nitrogen and oxygen atoms in total. The first-order chi connectivity index (χ1) is 14.1. The quantitative estimate of drug-likeness (QED) is 0.671. The molecule has 3 aromatic rings. The van der Waals surface area contributed by atoms with Crippen molar-refractivity contribution in [2.75, 3.05) is 23.3 Å². The molecule has 2 heterocycles. The average molecular weight is 411 g/mol. The van der Waals surface area contributed by atoms with Crippen molar-refractivity contribution in [1.29, 1.82) is 0 Å². The predicted molar refractivity (Wildman–Crippen MR) is 112 cm³/mol. The number of hydrogen-bond donors (Lipinski definition) is 1. The Balaban J connectivity index is 1.34. The summed E-state index contributed by atoms with van der Waals surface area (Å²) in [6, 6.07) is 17.1. The lowest BCUT2D eigenvalue weighted by Crippen LogP contribution is -2.38. The van der Waals surface area contributed by atoms with Gasteiger partial charge in [-0.15, -0.1) is 10.2 Å². The fourth-order valence-corrected chi connectivity index (χ4v) is 3.64. The van der Waals surface area contributed by atoms with Crippen molar-refractivity contribution in [3.05, 3.63) is 71.5 Å². The smallest absolute Gasteiger partial charge is 0.227 e. The molecule has 7 heteroatoms. The molecule has 1 aliphatic rings. The average Bonchev–Trinajstić information content (AvgIpc) is 2.75. The minimum absolute atomic E-state index is 0.0182. The monoisotopic (exact) mass is 410 g/mol. The van der Waals surface area contributed by atoms with Gasteiger partial charge in [-0.2, -0.15) is 0 Å². The van der Waals surface area contributed by atoms with Crippen LogP contribution in [0, 0.1) is 11.7 Å². The molecular formula is C22H20ClFN4O. The summed E-state index contributed by atoms with van der Waals surface area (Å²) in [7, 11) is 0. The topological polar surface area (TPSA) is 58.1 Å². The molecule has 0 bridgehead atoms. The number of carbonyl (C=O) groups excluding carboxylic acids is 1. The number of amides is 1. The van der Waals surface area contributed by atoms with E-state index >= 15 is 0 Å². The highest BCUT2D eigenvalue weighted by molar-refractivity contribution is 6.30. The number of carbonyl (C=O) groups is 1. The number of rotatable bonds is 4. The number of nitrogens with zero attached hydrogens (tertiary/aromatic N) is 3. The molecule has 0 aliphatic carbocycles. The second kappa shape index (κ2) is 8.57. The zero-order valence-corrected chi connectivity index (χ0v) is 16.4.